The third kappa shape index (κ3) is 7.37. The summed E-state index contributed by atoms with van der Waals surface area (Å²) < 4.78 is 8.23. The lowest BCUT2D eigenvalue weighted by atomic mass is 9.90. The smallest absolute Gasteiger partial charge is 0.193 e. The Morgan fingerprint density at radius 3 is 2.44 bits per heavy atom. The minimum absolute atomic E-state index is 0.584. The van der Waals surface area contributed by atoms with Crippen molar-refractivity contribution in [3.05, 3.63) is 53.3 Å². The molecule has 0 fully saturated rings. The number of thiazole rings is 1. The molecule has 0 spiro atoms. The summed E-state index contributed by atoms with van der Waals surface area (Å²) in [5.41, 5.74) is 2.86. The molecule has 176 valence electrons. The summed E-state index contributed by atoms with van der Waals surface area (Å²) in [4.78, 5) is 5.54. The van der Waals surface area contributed by atoms with Crippen molar-refractivity contribution >= 4 is 16.3 Å². The molecule has 0 aliphatic rings. The van der Waals surface area contributed by atoms with Crippen molar-refractivity contribution in [3.8, 4) is 5.75 Å². The molecule has 4 heteroatoms. The van der Waals surface area contributed by atoms with Crippen LogP contribution in [0.4, 0.5) is 0 Å². The maximum absolute atomic E-state index is 5.96. The zero-order chi connectivity index (χ0) is 22.6. The number of aromatic nitrogens is 2. The first-order valence-corrected chi connectivity index (χ1v) is 13.7. The zero-order valence-corrected chi connectivity index (χ0v) is 21.2. The maximum Gasteiger partial charge on any atom is 0.193 e. The van der Waals surface area contributed by atoms with E-state index in [1.54, 1.807) is 11.3 Å². The lowest BCUT2D eigenvalue weighted by Crippen LogP contribution is -2.02. The molecule has 0 bridgehead atoms. The number of hydrogen-bond acceptors (Lipinski definition) is 3. The van der Waals surface area contributed by atoms with Gasteiger partial charge in [0.2, 0.25) is 0 Å². The van der Waals surface area contributed by atoms with Gasteiger partial charge in [-0.15, -0.1) is 11.3 Å². The Bertz CT molecular complexity index is 882. The number of unbranched alkanes of at least 4 members (excludes halogenated alkanes) is 6. The summed E-state index contributed by atoms with van der Waals surface area (Å²) in [5, 5.41) is 2.30. The molecule has 3 rings (SSSR count). The van der Waals surface area contributed by atoms with Gasteiger partial charge in [-0.25, -0.2) is 4.98 Å². The molecule has 3 nitrogen and oxygen atoms in total. The van der Waals surface area contributed by atoms with E-state index in [4.69, 9.17) is 4.74 Å². The topological polar surface area (TPSA) is 26.5 Å². The number of hydrogen-bond donors (Lipinski definition) is 0. The molecule has 0 radical (unpaired) electrons. The van der Waals surface area contributed by atoms with E-state index in [2.05, 4.69) is 66.0 Å². The Balaban J connectivity index is 1.35. The summed E-state index contributed by atoms with van der Waals surface area (Å²) in [5.74, 6) is 2.22. The maximum atomic E-state index is 5.96. The zero-order valence-electron chi connectivity index (χ0n) is 20.4. The molecular weight excluding hydrogens is 412 g/mol. The average molecular weight is 455 g/mol. The monoisotopic (exact) mass is 454 g/mol. The van der Waals surface area contributed by atoms with Crippen molar-refractivity contribution < 1.29 is 4.74 Å². The van der Waals surface area contributed by atoms with Crippen molar-refractivity contribution in [3.63, 3.8) is 0 Å². The Morgan fingerprint density at radius 2 is 1.69 bits per heavy atom. The summed E-state index contributed by atoms with van der Waals surface area (Å²) in [7, 11) is 0. The second-order valence-electron chi connectivity index (χ2n) is 9.22. The molecule has 0 saturated carbocycles. The van der Waals surface area contributed by atoms with Gasteiger partial charge in [-0.1, -0.05) is 77.8 Å². The summed E-state index contributed by atoms with van der Waals surface area (Å²) in [6.45, 7) is 7.77. The number of fused-ring (bicyclic) bond motifs is 1. The molecule has 2 heterocycles. The van der Waals surface area contributed by atoms with Crippen molar-refractivity contribution in [1.29, 1.82) is 0 Å². The van der Waals surface area contributed by atoms with E-state index >= 15 is 0 Å². The van der Waals surface area contributed by atoms with Crippen LogP contribution in [-0.2, 0) is 0 Å². The number of nitrogens with zero attached hydrogens (tertiary/aromatic N) is 2. The van der Waals surface area contributed by atoms with Crippen LogP contribution in [0.2, 0.25) is 0 Å². The highest BCUT2D eigenvalue weighted by atomic mass is 32.1. The lowest BCUT2D eigenvalue weighted by molar-refractivity contribution is 0.304. The standard InChI is InChI=1S/C28H42N2OS/c1-4-6-7-8-9-10-11-21-31-26-17-15-25(16-18-26)23(3)13-12-14-24(5-2)27-22-32-28-29-19-20-30(27)28/h15-20,22-24H,4-14,21H2,1-3H3. The van der Waals surface area contributed by atoms with Crippen LogP contribution in [0.3, 0.4) is 0 Å². The van der Waals surface area contributed by atoms with E-state index in [0.717, 1.165) is 17.3 Å². The molecule has 0 amide bonds. The van der Waals surface area contributed by atoms with E-state index in [0.29, 0.717) is 11.8 Å². The minimum atomic E-state index is 0.584. The molecule has 3 aromatic rings. The molecule has 2 unspecified atom stereocenters. The van der Waals surface area contributed by atoms with Crippen LogP contribution in [0.15, 0.2) is 42.0 Å². The van der Waals surface area contributed by atoms with Crippen molar-refractivity contribution in [1.82, 2.24) is 9.38 Å². The van der Waals surface area contributed by atoms with E-state index in [1.807, 2.05) is 6.20 Å². The first-order valence-electron chi connectivity index (χ1n) is 12.9. The van der Waals surface area contributed by atoms with Gasteiger partial charge in [-0.3, -0.25) is 4.40 Å². The first kappa shape index (κ1) is 24.8. The largest absolute Gasteiger partial charge is 0.494 e. The SMILES string of the molecule is CCCCCCCCCOc1ccc(C(C)CCCC(CC)c2csc3nccn23)cc1. The third-order valence-electron chi connectivity index (χ3n) is 6.74. The highest BCUT2D eigenvalue weighted by Crippen LogP contribution is 2.31. The second kappa shape index (κ2) is 13.7. The quantitative estimate of drug-likeness (QED) is 0.202. The van der Waals surface area contributed by atoms with Crippen molar-refractivity contribution in [2.24, 2.45) is 0 Å². The Hall–Kier alpha value is -1.81. The fourth-order valence-electron chi connectivity index (χ4n) is 4.58. The van der Waals surface area contributed by atoms with Gasteiger partial charge in [0.25, 0.3) is 0 Å². The van der Waals surface area contributed by atoms with Crippen LogP contribution in [0.5, 0.6) is 5.75 Å². The predicted molar refractivity (Wildman–Crippen MR) is 138 cm³/mol. The fourth-order valence-corrected chi connectivity index (χ4v) is 5.51. The van der Waals surface area contributed by atoms with Crippen molar-refractivity contribution in [2.45, 2.75) is 103 Å². The van der Waals surface area contributed by atoms with Crippen LogP contribution in [0, 0.1) is 0 Å². The normalized spacial score (nSPS) is 13.5. The Labute approximate surface area is 199 Å². The summed E-state index contributed by atoms with van der Waals surface area (Å²) in [6, 6.07) is 8.83. The molecule has 32 heavy (non-hydrogen) atoms. The number of benzene rings is 1. The number of ether oxygens (including phenoxy) is 1. The van der Waals surface area contributed by atoms with Crippen LogP contribution in [0.1, 0.15) is 114 Å². The predicted octanol–water partition coefficient (Wildman–Crippen LogP) is 8.99. The first-order chi connectivity index (χ1) is 15.7. The van der Waals surface area contributed by atoms with Gasteiger partial charge in [0.1, 0.15) is 5.75 Å². The fraction of sp³-hybridized carbons (Fsp3) is 0.607. The number of imidazole rings is 1. The Morgan fingerprint density at radius 1 is 0.938 bits per heavy atom. The molecule has 2 atom stereocenters. The Kier molecular flexibility index (Phi) is 10.6. The van der Waals surface area contributed by atoms with E-state index in [9.17, 15) is 0 Å². The van der Waals surface area contributed by atoms with Gasteiger partial charge in [-0.2, -0.15) is 0 Å². The van der Waals surface area contributed by atoms with Gasteiger partial charge < -0.3 is 4.74 Å². The van der Waals surface area contributed by atoms with E-state index < -0.39 is 0 Å². The molecule has 0 N–H and O–H groups in total. The molecular formula is C28H42N2OS. The molecule has 0 saturated heterocycles. The number of rotatable bonds is 16. The average Bonchev–Trinajstić information content (AvgIpc) is 3.43. The van der Waals surface area contributed by atoms with Crippen LogP contribution >= 0.6 is 11.3 Å². The highest BCUT2D eigenvalue weighted by molar-refractivity contribution is 7.15. The summed E-state index contributed by atoms with van der Waals surface area (Å²) in [6.07, 6.45) is 18.2. The van der Waals surface area contributed by atoms with Crippen LogP contribution in [-0.4, -0.2) is 16.0 Å². The van der Waals surface area contributed by atoms with E-state index in [1.165, 1.54) is 81.9 Å². The molecule has 0 aliphatic carbocycles. The minimum Gasteiger partial charge on any atom is -0.494 e. The molecule has 1 aromatic carbocycles. The summed E-state index contributed by atoms with van der Waals surface area (Å²) >= 11 is 1.75. The van der Waals surface area contributed by atoms with Crippen molar-refractivity contribution in [2.75, 3.05) is 6.61 Å². The van der Waals surface area contributed by atoms with Gasteiger partial charge in [0.15, 0.2) is 4.96 Å². The molecule has 2 aromatic heterocycles. The lowest BCUT2D eigenvalue weighted by Gasteiger charge is -2.17. The third-order valence-corrected chi connectivity index (χ3v) is 7.61. The van der Waals surface area contributed by atoms with Gasteiger partial charge in [-0.05, 0) is 49.3 Å². The van der Waals surface area contributed by atoms with Crippen LogP contribution in [0.25, 0.3) is 4.96 Å². The van der Waals surface area contributed by atoms with Gasteiger partial charge in [0, 0.05) is 29.4 Å². The highest BCUT2D eigenvalue weighted by Gasteiger charge is 2.15. The van der Waals surface area contributed by atoms with Crippen LogP contribution < -0.4 is 4.74 Å². The van der Waals surface area contributed by atoms with Gasteiger partial charge >= 0.3 is 0 Å². The molecule has 0 aliphatic heterocycles. The van der Waals surface area contributed by atoms with E-state index in [-0.39, 0.29) is 0 Å². The van der Waals surface area contributed by atoms with Gasteiger partial charge in [0.05, 0.1) is 6.61 Å². The second-order valence-corrected chi connectivity index (χ2v) is 10.1.